The third-order valence-electron chi connectivity index (χ3n) is 5.32. The zero-order chi connectivity index (χ0) is 20.4. The van der Waals surface area contributed by atoms with Crippen LogP contribution in [0.4, 0.5) is 5.69 Å². The third-order valence-corrected chi connectivity index (χ3v) is 5.32. The van der Waals surface area contributed by atoms with E-state index in [2.05, 4.69) is 22.9 Å². The van der Waals surface area contributed by atoms with Crippen molar-refractivity contribution in [3.05, 3.63) is 72.6 Å². The minimum absolute atomic E-state index is 0.0174. The van der Waals surface area contributed by atoms with Gasteiger partial charge in [-0.3, -0.25) is 9.59 Å². The summed E-state index contributed by atoms with van der Waals surface area (Å²) in [7, 11) is 0. The van der Waals surface area contributed by atoms with Gasteiger partial charge in [0.2, 0.25) is 11.8 Å². The molecule has 1 aliphatic rings. The van der Waals surface area contributed by atoms with E-state index >= 15 is 0 Å². The van der Waals surface area contributed by atoms with Crippen LogP contribution in [0.15, 0.2) is 61.2 Å². The molecular weight excluding hydrogens is 364 g/mol. The lowest BCUT2D eigenvalue weighted by molar-refractivity contribution is -0.119. The van der Waals surface area contributed by atoms with Crippen molar-refractivity contribution in [2.24, 2.45) is 0 Å². The molecule has 0 radical (unpaired) electrons. The van der Waals surface area contributed by atoms with Gasteiger partial charge in [0.25, 0.3) is 0 Å². The number of carbonyl (C=O) groups excluding carboxylic acids is 2. The summed E-state index contributed by atoms with van der Waals surface area (Å²) in [6.45, 7) is 6.24. The molecule has 1 aromatic heterocycles. The molecule has 2 aromatic carbocycles. The first-order chi connectivity index (χ1) is 14.1. The predicted octanol–water partition coefficient (Wildman–Crippen LogP) is 3.38. The van der Waals surface area contributed by atoms with Crippen LogP contribution < -0.4 is 10.2 Å². The summed E-state index contributed by atoms with van der Waals surface area (Å²) in [5, 5.41) is 2.85. The number of nitrogens with zero attached hydrogens (tertiary/aromatic N) is 3. The third kappa shape index (κ3) is 3.66. The Hall–Kier alpha value is -3.41. The molecule has 1 N–H and O–H groups in total. The Morgan fingerprint density at radius 2 is 1.97 bits per heavy atom. The van der Waals surface area contributed by atoms with Crippen LogP contribution in [-0.2, 0) is 22.6 Å². The first kappa shape index (κ1) is 18.9. The number of rotatable bonds is 5. The number of imidazole rings is 1. The molecule has 2 amide bonds. The topological polar surface area (TPSA) is 67.2 Å². The lowest BCUT2D eigenvalue weighted by Gasteiger charge is -2.30. The minimum atomic E-state index is -0.352. The molecule has 1 unspecified atom stereocenters. The predicted molar refractivity (Wildman–Crippen MR) is 114 cm³/mol. The monoisotopic (exact) mass is 388 g/mol. The van der Waals surface area contributed by atoms with Gasteiger partial charge in [0.1, 0.15) is 12.4 Å². The van der Waals surface area contributed by atoms with E-state index < -0.39 is 0 Å². The Labute approximate surface area is 169 Å². The first-order valence-electron chi connectivity index (χ1n) is 9.85. The summed E-state index contributed by atoms with van der Waals surface area (Å²) in [5.41, 5.74) is 3.87. The molecule has 0 spiro atoms. The molecule has 1 aliphatic heterocycles. The summed E-state index contributed by atoms with van der Waals surface area (Å²) in [6.07, 6.45) is 3.18. The van der Waals surface area contributed by atoms with Crippen LogP contribution in [0.3, 0.4) is 0 Å². The summed E-state index contributed by atoms with van der Waals surface area (Å²) >= 11 is 0. The highest BCUT2D eigenvalue weighted by Crippen LogP contribution is 2.28. The SMILES string of the molecule is C=CC(=O)NC(C)c1nc2ccccc2n1CC(=O)N1CCCc2ccccc21. The van der Waals surface area contributed by atoms with E-state index in [-0.39, 0.29) is 24.4 Å². The fraction of sp³-hybridized carbons (Fsp3) is 0.261. The van der Waals surface area contributed by atoms with E-state index in [0.29, 0.717) is 12.4 Å². The van der Waals surface area contributed by atoms with Crippen LogP contribution in [0, 0.1) is 0 Å². The maximum absolute atomic E-state index is 13.3. The number of anilines is 1. The van der Waals surface area contributed by atoms with Gasteiger partial charge in [-0.05, 0) is 49.6 Å². The van der Waals surface area contributed by atoms with Gasteiger partial charge in [0.15, 0.2) is 0 Å². The number of hydrogen-bond acceptors (Lipinski definition) is 3. The van der Waals surface area contributed by atoms with Crippen molar-refractivity contribution >= 4 is 28.5 Å². The van der Waals surface area contributed by atoms with Crippen LogP contribution in [0.2, 0.25) is 0 Å². The van der Waals surface area contributed by atoms with Gasteiger partial charge in [0.05, 0.1) is 17.1 Å². The first-order valence-corrected chi connectivity index (χ1v) is 9.85. The molecule has 0 saturated carbocycles. The summed E-state index contributed by atoms with van der Waals surface area (Å²) < 4.78 is 1.91. The largest absolute Gasteiger partial charge is 0.343 e. The minimum Gasteiger partial charge on any atom is -0.343 e. The zero-order valence-corrected chi connectivity index (χ0v) is 16.5. The van der Waals surface area contributed by atoms with Crippen LogP contribution in [0.1, 0.15) is 30.8 Å². The molecule has 0 saturated heterocycles. The van der Waals surface area contributed by atoms with Gasteiger partial charge < -0.3 is 14.8 Å². The average molecular weight is 388 g/mol. The summed E-state index contributed by atoms with van der Waals surface area (Å²) in [5.74, 6) is 0.399. The Bertz CT molecular complexity index is 1090. The smallest absolute Gasteiger partial charge is 0.246 e. The summed E-state index contributed by atoms with van der Waals surface area (Å²) in [4.78, 5) is 31.6. The van der Waals surface area contributed by atoms with Crippen LogP contribution in [-0.4, -0.2) is 27.9 Å². The number of carbonyl (C=O) groups is 2. The van der Waals surface area contributed by atoms with Crippen LogP contribution in [0.5, 0.6) is 0 Å². The number of amides is 2. The lowest BCUT2D eigenvalue weighted by atomic mass is 10.0. The Kier molecular flexibility index (Phi) is 5.16. The van der Waals surface area contributed by atoms with Crippen LogP contribution >= 0.6 is 0 Å². The standard InChI is InChI=1S/C23H24N4O2/c1-3-21(28)24-16(2)23-25-18-11-5-7-13-20(18)27(23)15-22(29)26-14-8-10-17-9-4-6-12-19(17)26/h3-7,9,11-13,16H,1,8,10,14-15H2,2H3,(H,24,28). The number of aromatic nitrogens is 2. The van der Waals surface area contributed by atoms with Gasteiger partial charge in [-0.15, -0.1) is 0 Å². The van der Waals surface area contributed by atoms with Crippen molar-refractivity contribution < 1.29 is 9.59 Å². The molecule has 2 heterocycles. The Morgan fingerprint density at radius 1 is 1.21 bits per heavy atom. The number of fused-ring (bicyclic) bond motifs is 2. The highest BCUT2D eigenvalue weighted by Gasteiger charge is 2.25. The van der Waals surface area contributed by atoms with Crippen molar-refractivity contribution in [2.75, 3.05) is 11.4 Å². The highest BCUT2D eigenvalue weighted by molar-refractivity contribution is 5.95. The lowest BCUT2D eigenvalue weighted by Crippen LogP contribution is -2.38. The van der Waals surface area contributed by atoms with E-state index in [1.54, 1.807) is 0 Å². The van der Waals surface area contributed by atoms with Crippen molar-refractivity contribution in [1.29, 1.82) is 0 Å². The van der Waals surface area contributed by atoms with Crippen molar-refractivity contribution in [3.8, 4) is 0 Å². The maximum atomic E-state index is 13.3. The van der Waals surface area contributed by atoms with E-state index in [1.165, 1.54) is 11.6 Å². The van der Waals surface area contributed by atoms with Crippen molar-refractivity contribution in [2.45, 2.75) is 32.4 Å². The van der Waals surface area contributed by atoms with E-state index in [1.807, 2.05) is 58.9 Å². The number of benzene rings is 2. The second kappa shape index (κ2) is 7.91. The van der Waals surface area contributed by atoms with Gasteiger partial charge in [0, 0.05) is 12.2 Å². The maximum Gasteiger partial charge on any atom is 0.246 e. The summed E-state index contributed by atoms with van der Waals surface area (Å²) in [6, 6.07) is 15.4. The fourth-order valence-electron chi connectivity index (χ4n) is 3.94. The Balaban J connectivity index is 1.69. The molecule has 1 atom stereocenters. The van der Waals surface area contributed by atoms with Gasteiger partial charge in [-0.25, -0.2) is 4.98 Å². The molecule has 4 rings (SSSR count). The number of para-hydroxylation sites is 3. The number of hydrogen-bond donors (Lipinski definition) is 1. The quantitative estimate of drug-likeness (QED) is 0.682. The molecule has 0 bridgehead atoms. The number of nitrogens with one attached hydrogen (secondary N) is 1. The van der Waals surface area contributed by atoms with E-state index in [4.69, 9.17) is 0 Å². The normalized spacial score (nSPS) is 14.3. The van der Waals surface area contributed by atoms with E-state index in [0.717, 1.165) is 29.6 Å². The van der Waals surface area contributed by atoms with Crippen LogP contribution in [0.25, 0.3) is 11.0 Å². The van der Waals surface area contributed by atoms with Gasteiger partial charge >= 0.3 is 0 Å². The van der Waals surface area contributed by atoms with E-state index in [9.17, 15) is 9.59 Å². The molecule has 6 nitrogen and oxygen atoms in total. The second-order valence-corrected chi connectivity index (χ2v) is 7.26. The average Bonchev–Trinajstić information content (AvgIpc) is 3.11. The highest BCUT2D eigenvalue weighted by atomic mass is 16.2. The van der Waals surface area contributed by atoms with Gasteiger partial charge in [-0.2, -0.15) is 0 Å². The molecule has 0 fully saturated rings. The fourth-order valence-corrected chi connectivity index (χ4v) is 3.94. The number of aryl methyl sites for hydroxylation is 1. The molecule has 0 aliphatic carbocycles. The zero-order valence-electron chi connectivity index (χ0n) is 16.5. The molecular formula is C23H24N4O2. The molecule has 148 valence electrons. The second-order valence-electron chi connectivity index (χ2n) is 7.26. The van der Waals surface area contributed by atoms with Gasteiger partial charge in [-0.1, -0.05) is 36.9 Å². The van der Waals surface area contributed by atoms with Crippen molar-refractivity contribution in [1.82, 2.24) is 14.9 Å². The Morgan fingerprint density at radius 3 is 2.79 bits per heavy atom. The molecule has 6 heteroatoms. The molecule has 29 heavy (non-hydrogen) atoms. The molecule has 3 aromatic rings. The van der Waals surface area contributed by atoms with Crippen molar-refractivity contribution in [3.63, 3.8) is 0 Å².